The van der Waals surface area contributed by atoms with E-state index in [1.54, 1.807) is 12.4 Å². The average molecular weight is 337 g/mol. The lowest BCUT2D eigenvalue weighted by Gasteiger charge is -2.16. The highest BCUT2D eigenvalue weighted by molar-refractivity contribution is 8.00. The Balaban J connectivity index is 0.000000268. The van der Waals surface area contributed by atoms with Crippen molar-refractivity contribution in [1.29, 1.82) is 0 Å². The third-order valence-electron chi connectivity index (χ3n) is 3.81. The van der Waals surface area contributed by atoms with Crippen LogP contribution in [0.3, 0.4) is 0 Å². The molecule has 3 atom stereocenters. The first kappa shape index (κ1) is 17.6. The average Bonchev–Trinajstić information content (AvgIpc) is 3.13. The lowest BCUT2D eigenvalue weighted by molar-refractivity contribution is -0.121. The van der Waals surface area contributed by atoms with E-state index in [0.717, 1.165) is 25.0 Å². The van der Waals surface area contributed by atoms with Crippen LogP contribution in [0.5, 0.6) is 0 Å². The molecule has 23 heavy (non-hydrogen) atoms. The van der Waals surface area contributed by atoms with Crippen LogP contribution >= 0.6 is 11.8 Å². The molecule has 0 saturated carbocycles. The van der Waals surface area contributed by atoms with Crippen LogP contribution < -0.4 is 21.9 Å². The Morgan fingerprint density at radius 1 is 1.30 bits per heavy atom. The first-order chi connectivity index (χ1) is 11.2. The largest absolute Gasteiger partial charge is 0.332 e. The van der Waals surface area contributed by atoms with E-state index in [4.69, 9.17) is 5.84 Å². The number of carbonyl (C=O) groups is 2. The first-order valence-electron chi connectivity index (χ1n) is 7.74. The quantitative estimate of drug-likeness (QED) is 0.209. The number of fused-ring (bicyclic) bond motifs is 1. The highest BCUT2D eigenvalue weighted by Gasteiger charge is 2.42. The Labute approximate surface area is 140 Å². The van der Waals surface area contributed by atoms with Crippen LogP contribution in [0, 0.1) is 0 Å². The number of nitrogens with two attached hydrogens (primary N) is 1. The standard InChI is InChI=1S/C10H18N4O2S.C5H5N/c11-14-8(15)4-2-1-3-7-9-6(5-17-7)12-10(16)13-9;1-2-4-6-5-3-1/h6-7,9H,1-5,11H2,(H,14,15)(H2,12,13,16);1-5H/t6-,7-,9-;/m0./s1. The Hall–Kier alpha value is -1.80. The molecule has 0 radical (unpaired) electrons. The van der Waals surface area contributed by atoms with Gasteiger partial charge in [0.2, 0.25) is 5.91 Å². The molecule has 3 heterocycles. The Kier molecular flexibility index (Phi) is 7.15. The summed E-state index contributed by atoms with van der Waals surface area (Å²) in [5.74, 6) is 5.87. The topological polar surface area (TPSA) is 109 Å². The molecule has 126 valence electrons. The maximum Gasteiger partial charge on any atom is 0.315 e. The number of hydrazine groups is 1. The van der Waals surface area contributed by atoms with Gasteiger partial charge < -0.3 is 10.6 Å². The Morgan fingerprint density at radius 3 is 2.70 bits per heavy atom. The molecule has 2 fully saturated rings. The van der Waals surface area contributed by atoms with Crippen LogP contribution in [0.2, 0.25) is 0 Å². The minimum absolute atomic E-state index is 0.0483. The molecule has 7 nitrogen and oxygen atoms in total. The third-order valence-corrected chi connectivity index (χ3v) is 5.32. The zero-order valence-corrected chi connectivity index (χ0v) is 13.7. The molecule has 0 spiro atoms. The van der Waals surface area contributed by atoms with Gasteiger partial charge in [-0.3, -0.25) is 15.2 Å². The molecule has 8 heteroatoms. The number of urea groups is 1. The second-order valence-electron chi connectivity index (χ2n) is 5.46. The highest BCUT2D eigenvalue weighted by Crippen LogP contribution is 2.33. The van der Waals surface area contributed by atoms with E-state index in [1.807, 2.05) is 30.0 Å². The SMILES string of the molecule is NNC(=O)CCCC[C@@H]1SC[C@@H]2NC(=O)N[C@@H]21.c1ccncc1. The second kappa shape index (κ2) is 9.36. The normalized spacial score (nSPS) is 24.7. The number of thioether (sulfide) groups is 1. The fourth-order valence-corrected chi connectivity index (χ4v) is 4.20. The molecule has 3 amide bonds. The molecule has 0 aliphatic carbocycles. The van der Waals surface area contributed by atoms with Gasteiger partial charge in [-0.25, -0.2) is 10.6 Å². The van der Waals surface area contributed by atoms with Crippen LogP contribution in [0.15, 0.2) is 30.6 Å². The molecule has 0 bridgehead atoms. The van der Waals surface area contributed by atoms with Crippen molar-refractivity contribution in [3.63, 3.8) is 0 Å². The minimum atomic E-state index is -0.113. The predicted octanol–water partition coefficient (Wildman–Crippen LogP) is 0.784. The number of amides is 3. The van der Waals surface area contributed by atoms with Gasteiger partial charge in [-0.1, -0.05) is 12.5 Å². The summed E-state index contributed by atoms with van der Waals surface area (Å²) in [5.41, 5.74) is 2.13. The van der Waals surface area contributed by atoms with Crippen molar-refractivity contribution in [2.75, 3.05) is 5.75 Å². The van der Waals surface area contributed by atoms with Gasteiger partial charge in [-0.15, -0.1) is 0 Å². The molecule has 2 aliphatic rings. The van der Waals surface area contributed by atoms with Gasteiger partial charge in [0.05, 0.1) is 12.1 Å². The molecule has 3 rings (SSSR count). The van der Waals surface area contributed by atoms with E-state index >= 15 is 0 Å². The van der Waals surface area contributed by atoms with Gasteiger partial charge in [0.25, 0.3) is 0 Å². The van der Waals surface area contributed by atoms with Crippen molar-refractivity contribution in [2.24, 2.45) is 5.84 Å². The molecule has 2 aliphatic heterocycles. The summed E-state index contributed by atoms with van der Waals surface area (Å²) in [6.45, 7) is 0. The van der Waals surface area contributed by atoms with Crippen molar-refractivity contribution in [3.05, 3.63) is 30.6 Å². The summed E-state index contributed by atoms with van der Waals surface area (Å²) in [6, 6.07) is 6.21. The second-order valence-corrected chi connectivity index (χ2v) is 6.73. The number of aromatic nitrogens is 1. The van der Waals surface area contributed by atoms with Crippen LogP contribution in [-0.4, -0.2) is 40.0 Å². The van der Waals surface area contributed by atoms with E-state index in [0.29, 0.717) is 11.7 Å². The lowest BCUT2D eigenvalue weighted by atomic mass is 10.0. The fourth-order valence-electron chi connectivity index (χ4n) is 2.66. The lowest BCUT2D eigenvalue weighted by Crippen LogP contribution is -2.36. The summed E-state index contributed by atoms with van der Waals surface area (Å²) in [6.07, 6.45) is 6.85. The summed E-state index contributed by atoms with van der Waals surface area (Å²) < 4.78 is 0. The van der Waals surface area contributed by atoms with Crippen molar-refractivity contribution >= 4 is 23.7 Å². The van der Waals surface area contributed by atoms with Crippen molar-refractivity contribution in [1.82, 2.24) is 21.0 Å². The number of hydrogen-bond donors (Lipinski definition) is 4. The van der Waals surface area contributed by atoms with Gasteiger partial charge >= 0.3 is 6.03 Å². The number of unbranched alkanes of at least 4 members (excludes halogenated alkanes) is 1. The number of nitrogens with one attached hydrogen (secondary N) is 3. The Morgan fingerprint density at radius 2 is 2.09 bits per heavy atom. The molecular weight excluding hydrogens is 314 g/mol. The third kappa shape index (κ3) is 5.72. The molecule has 0 aromatic carbocycles. The van der Waals surface area contributed by atoms with E-state index in [1.165, 1.54) is 0 Å². The minimum Gasteiger partial charge on any atom is -0.332 e. The molecule has 1 aromatic heterocycles. The highest BCUT2D eigenvalue weighted by atomic mass is 32.2. The molecule has 1 aromatic rings. The van der Waals surface area contributed by atoms with Crippen LogP contribution in [0.1, 0.15) is 25.7 Å². The van der Waals surface area contributed by atoms with Crippen molar-refractivity contribution < 1.29 is 9.59 Å². The fraction of sp³-hybridized carbons (Fsp3) is 0.533. The van der Waals surface area contributed by atoms with E-state index in [9.17, 15) is 9.59 Å². The molecule has 5 N–H and O–H groups in total. The number of hydrogen-bond acceptors (Lipinski definition) is 5. The van der Waals surface area contributed by atoms with Gasteiger partial charge in [-0.2, -0.15) is 11.8 Å². The monoisotopic (exact) mass is 337 g/mol. The van der Waals surface area contributed by atoms with Crippen LogP contribution in [-0.2, 0) is 4.79 Å². The smallest absolute Gasteiger partial charge is 0.315 e. The zero-order valence-electron chi connectivity index (χ0n) is 12.9. The van der Waals surface area contributed by atoms with E-state index in [-0.39, 0.29) is 24.0 Å². The maximum atomic E-state index is 11.2. The van der Waals surface area contributed by atoms with Gasteiger partial charge in [0.15, 0.2) is 0 Å². The summed E-state index contributed by atoms with van der Waals surface area (Å²) in [4.78, 5) is 25.9. The van der Waals surface area contributed by atoms with Gasteiger partial charge in [0, 0.05) is 29.8 Å². The number of rotatable bonds is 5. The number of carbonyl (C=O) groups excluding carboxylic acids is 2. The van der Waals surface area contributed by atoms with Crippen LogP contribution in [0.4, 0.5) is 4.79 Å². The van der Waals surface area contributed by atoms with Crippen molar-refractivity contribution in [2.45, 2.75) is 43.0 Å². The summed E-state index contributed by atoms with van der Waals surface area (Å²) in [5, 5.41) is 6.34. The Bertz CT molecular complexity index is 475. The van der Waals surface area contributed by atoms with Gasteiger partial charge in [0.1, 0.15) is 0 Å². The number of pyridine rings is 1. The molecule has 0 unspecified atom stereocenters. The van der Waals surface area contributed by atoms with E-state index in [2.05, 4.69) is 21.0 Å². The summed E-state index contributed by atoms with van der Waals surface area (Å²) >= 11 is 1.90. The predicted molar refractivity (Wildman–Crippen MR) is 90.5 cm³/mol. The summed E-state index contributed by atoms with van der Waals surface area (Å²) in [7, 11) is 0. The maximum absolute atomic E-state index is 11.2. The molecule has 2 saturated heterocycles. The van der Waals surface area contributed by atoms with Crippen molar-refractivity contribution in [3.8, 4) is 0 Å². The van der Waals surface area contributed by atoms with Crippen LogP contribution in [0.25, 0.3) is 0 Å². The zero-order chi connectivity index (χ0) is 16.5. The first-order valence-corrected chi connectivity index (χ1v) is 8.78. The van der Waals surface area contributed by atoms with Gasteiger partial charge in [-0.05, 0) is 25.0 Å². The van der Waals surface area contributed by atoms with E-state index < -0.39 is 0 Å². The molecular formula is C15H23N5O2S. The number of nitrogens with zero attached hydrogens (tertiary/aromatic N) is 1.